The lowest BCUT2D eigenvalue weighted by atomic mass is 10.1. The van der Waals surface area contributed by atoms with E-state index in [1.165, 1.54) is 23.7 Å². The molecule has 1 amide bonds. The zero-order chi connectivity index (χ0) is 14.1. The van der Waals surface area contributed by atoms with Gasteiger partial charge in [-0.1, -0.05) is 41.5 Å². The number of carbonyl (C=O) groups excluding carboxylic acids is 1. The second kappa shape index (κ2) is 9.18. The van der Waals surface area contributed by atoms with Crippen LogP contribution in [0.4, 0.5) is 0 Å². The standard InChI is InChI=1S/C15H22INO2/c1-12-7-8-13(11-14(12)19-2)15(18)17-10-6-4-3-5-9-16/h7-8,11H,3-6,9-10H2,1-2H3,(H,17,18). The van der Waals surface area contributed by atoms with Crippen LogP contribution >= 0.6 is 22.6 Å². The Kier molecular flexibility index (Phi) is 7.86. The van der Waals surface area contributed by atoms with Crippen molar-refractivity contribution < 1.29 is 9.53 Å². The Hall–Kier alpha value is -0.780. The van der Waals surface area contributed by atoms with Crippen LogP contribution in [0, 0.1) is 6.92 Å². The molecule has 0 bridgehead atoms. The fourth-order valence-corrected chi connectivity index (χ4v) is 2.38. The molecule has 0 aromatic heterocycles. The van der Waals surface area contributed by atoms with E-state index >= 15 is 0 Å². The number of benzene rings is 1. The molecule has 19 heavy (non-hydrogen) atoms. The second-order valence-corrected chi connectivity index (χ2v) is 5.62. The average molecular weight is 375 g/mol. The van der Waals surface area contributed by atoms with Crippen LogP contribution in [-0.4, -0.2) is 24.0 Å². The van der Waals surface area contributed by atoms with Gasteiger partial charge in [-0.15, -0.1) is 0 Å². The maximum absolute atomic E-state index is 11.9. The smallest absolute Gasteiger partial charge is 0.251 e. The maximum Gasteiger partial charge on any atom is 0.251 e. The second-order valence-electron chi connectivity index (χ2n) is 4.54. The fourth-order valence-electron chi connectivity index (χ4n) is 1.84. The maximum atomic E-state index is 11.9. The van der Waals surface area contributed by atoms with Crippen LogP contribution in [-0.2, 0) is 0 Å². The number of amides is 1. The first-order chi connectivity index (χ1) is 9.19. The summed E-state index contributed by atoms with van der Waals surface area (Å²) in [6.07, 6.45) is 4.74. The number of nitrogens with one attached hydrogen (secondary N) is 1. The summed E-state index contributed by atoms with van der Waals surface area (Å²) in [7, 11) is 1.62. The summed E-state index contributed by atoms with van der Waals surface area (Å²) in [6, 6.07) is 5.54. The number of hydrogen-bond acceptors (Lipinski definition) is 2. The zero-order valence-electron chi connectivity index (χ0n) is 11.7. The van der Waals surface area contributed by atoms with Crippen LogP contribution in [0.5, 0.6) is 5.75 Å². The van der Waals surface area contributed by atoms with E-state index in [0.717, 1.165) is 24.3 Å². The predicted octanol–water partition coefficient (Wildman–Crippen LogP) is 3.73. The van der Waals surface area contributed by atoms with Crippen molar-refractivity contribution >= 4 is 28.5 Å². The van der Waals surface area contributed by atoms with E-state index in [1.807, 2.05) is 19.1 Å². The molecule has 106 valence electrons. The Morgan fingerprint density at radius 1 is 1.26 bits per heavy atom. The van der Waals surface area contributed by atoms with E-state index in [2.05, 4.69) is 27.9 Å². The molecule has 0 aliphatic rings. The molecule has 1 rings (SSSR count). The summed E-state index contributed by atoms with van der Waals surface area (Å²) in [4.78, 5) is 11.9. The first-order valence-corrected chi connectivity index (χ1v) is 8.20. The topological polar surface area (TPSA) is 38.3 Å². The highest BCUT2D eigenvalue weighted by Crippen LogP contribution is 2.18. The summed E-state index contributed by atoms with van der Waals surface area (Å²) in [5, 5.41) is 2.95. The minimum atomic E-state index is -0.0211. The van der Waals surface area contributed by atoms with Gasteiger partial charge in [-0.3, -0.25) is 4.79 Å². The van der Waals surface area contributed by atoms with E-state index < -0.39 is 0 Å². The summed E-state index contributed by atoms with van der Waals surface area (Å²) in [6.45, 7) is 2.71. The molecule has 0 heterocycles. The van der Waals surface area contributed by atoms with Crippen LogP contribution in [0.25, 0.3) is 0 Å². The number of hydrogen-bond donors (Lipinski definition) is 1. The van der Waals surface area contributed by atoms with Crippen LogP contribution < -0.4 is 10.1 Å². The van der Waals surface area contributed by atoms with Crippen LogP contribution in [0.1, 0.15) is 41.6 Å². The van der Waals surface area contributed by atoms with Crippen molar-refractivity contribution in [3.8, 4) is 5.75 Å². The molecule has 4 heteroatoms. The van der Waals surface area contributed by atoms with E-state index in [9.17, 15) is 4.79 Å². The minimum absolute atomic E-state index is 0.0211. The highest BCUT2D eigenvalue weighted by Gasteiger charge is 2.07. The SMILES string of the molecule is COc1cc(C(=O)NCCCCCCI)ccc1C. The Bertz CT molecular complexity index is 407. The van der Waals surface area contributed by atoms with Gasteiger partial charge in [-0.25, -0.2) is 0 Å². The van der Waals surface area contributed by atoms with Gasteiger partial charge in [0.05, 0.1) is 7.11 Å². The van der Waals surface area contributed by atoms with Crippen molar-refractivity contribution in [3.63, 3.8) is 0 Å². The molecule has 3 nitrogen and oxygen atoms in total. The van der Waals surface area contributed by atoms with Gasteiger partial charge in [0, 0.05) is 12.1 Å². The van der Waals surface area contributed by atoms with Gasteiger partial charge in [0.1, 0.15) is 5.75 Å². The summed E-state index contributed by atoms with van der Waals surface area (Å²) >= 11 is 2.39. The van der Waals surface area contributed by atoms with Gasteiger partial charge in [0.25, 0.3) is 5.91 Å². The fraction of sp³-hybridized carbons (Fsp3) is 0.533. The number of aryl methyl sites for hydroxylation is 1. The zero-order valence-corrected chi connectivity index (χ0v) is 13.8. The molecule has 0 aliphatic carbocycles. The Morgan fingerprint density at radius 2 is 2.00 bits per heavy atom. The average Bonchev–Trinajstić information content (AvgIpc) is 2.43. The Labute approximate surface area is 129 Å². The Morgan fingerprint density at radius 3 is 2.68 bits per heavy atom. The van der Waals surface area contributed by atoms with E-state index in [4.69, 9.17) is 4.74 Å². The summed E-state index contributed by atoms with van der Waals surface area (Å²) < 4.78 is 6.44. The van der Waals surface area contributed by atoms with Crippen molar-refractivity contribution in [3.05, 3.63) is 29.3 Å². The van der Waals surface area contributed by atoms with Crippen molar-refractivity contribution in [2.45, 2.75) is 32.6 Å². The molecular formula is C15H22INO2. The van der Waals surface area contributed by atoms with Gasteiger partial charge >= 0.3 is 0 Å². The third-order valence-electron chi connectivity index (χ3n) is 3.02. The van der Waals surface area contributed by atoms with Gasteiger partial charge in [0.2, 0.25) is 0 Å². The monoisotopic (exact) mass is 375 g/mol. The number of methoxy groups -OCH3 is 1. The number of halogens is 1. The predicted molar refractivity (Wildman–Crippen MR) is 87.4 cm³/mol. The van der Waals surface area contributed by atoms with Crippen LogP contribution in [0.3, 0.4) is 0 Å². The third kappa shape index (κ3) is 5.80. The Balaban J connectivity index is 2.37. The van der Waals surface area contributed by atoms with Gasteiger partial charge in [-0.2, -0.15) is 0 Å². The largest absolute Gasteiger partial charge is 0.496 e. The molecule has 0 spiro atoms. The number of alkyl halides is 1. The normalized spacial score (nSPS) is 10.3. The molecule has 0 aliphatic heterocycles. The summed E-state index contributed by atoms with van der Waals surface area (Å²) in [5.74, 6) is 0.738. The van der Waals surface area contributed by atoms with Crippen molar-refractivity contribution in [1.29, 1.82) is 0 Å². The first kappa shape index (κ1) is 16.3. The molecule has 0 fully saturated rings. The molecule has 1 aromatic rings. The highest BCUT2D eigenvalue weighted by atomic mass is 127. The van der Waals surface area contributed by atoms with Crippen LogP contribution in [0.2, 0.25) is 0 Å². The molecule has 0 radical (unpaired) electrons. The lowest BCUT2D eigenvalue weighted by molar-refractivity contribution is 0.0952. The minimum Gasteiger partial charge on any atom is -0.496 e. The highest BCUT2D eigenvalue weighted by molar-refractivity contribution is 14.1. The van der Waals surface area contributed by atoms with E-state index in [-0.39, 0.29) is 5.91 Å². The molecule has 0 saturated heterocycles. The molecule has 0 saturated carbocycles. The summed E-state index contributed by atoms with van der Waals surface area (Å²) in [5.41, 5.74) is 1.70. The van der Waals surface area contributed by atoms with Crippen molar-refractivity contribution in [2.24, 2.45) is 0 Å². The van der Waals surface area contributed by atoms with Crippen LogP contribution in [0.15, 0.2) is 18.2 Å². The van der Waals surface area contributed by atoms with Crippen molar-refractivity contribution in [2.75, 3.05) is 18.1 Å². The number of carbonyl (C=O) groups is 1. The molecular weight excluding hydrogens is 353 g/mol. The van der Waals surface area contributed by atoms with Crippen molar-refractivity contribution in [1.82, 2.24) is 5.32 Å². The lowest BCUT2D eigenvalue weighted by Gasteiger charge is -2.08. The molecule has 0 unspecified atom stereocenters. The quantitative estimate of drug-likeness (QED) is 0.427. The number of unbranched alkanes of at least 4 members (excludes halogenated alkanes) is 3. The number of ether oxygens (including phenoxy) is 1. The molecule has 0 atom stereocenters. The number of rotatable bonds is 8. The van der Waals surface area contributed by atoms with Gasteiger partial charge in [-0.05, 0) is 41.9 Å². The molecule has 1 aromatic carbocycles. The van der Waals surface area contributed by atoms with Gasteiger partial charge < -0.3 is 10.1 Å². The lowest BCUT2D eigenvalue weighted by Crippen LogP contribution is -2.24. The third-order valence-corrected chi connectivity index (χ3v) is 3.78. The van der Waals surface area contributed by atoms with E-state index in [1.54, 1.807) is 13.2 Å². The first-order valence-electron chi connectivity index (χ1n) is 6.68. The van der Waals surface area contributed by atoms with E-state index in [0.29, 0.717) is 5.56 Å². The van der Waals surface area contributed by atoms with Gasteiger partial charge in [0.15, 0.2) is 0 Å². The molecule has 1 N–H and O–H groups in total.